The van der Waals surface area contributed by atoms with Gasteiger partial charge < -0.3 is 16.4 Å². The zero-order valence-electron chi connectivity index (χ0n) is 13.4. The Morgan fingerprint density at radius 3 is 2.58 bits per heavy atom. The molecule has 0 bridgehead atoms. The summed E-state index contributed by atoms with van der Waals surface area (Å²) in [7, 11) is 0. The summed E-state index contributed by atoms with van der Waals surface area (Å²) >= 11 is 7.42. The number of amides is 2. The second-order valence-electron chi connectivity index (χ2n) is 5.25. The zero-order valence-corrected chi connectivity index (χ0v) is 15.0. The average molecular weight is 367 g/mol. The maximum absolute atomic E-state index is 11.9. The number of hydrogen-bond acceptors (Lipinski definition) is 5. The fourth-order valence-electron chi connectivity index (χ4n) is 2.13. The van der Waals surface area contributed by atoms with Crippen LogP contribution in [-0.4, -0.2) is 29.9 Å². The van der Waals surface area contributed by atoms with Crippen molar-refractivity contribution < 1.29 is 9.59 Å². The van der Waals surface area contributed by atoms with Gasteiger partial charge in [-0.2, -0.15) is 0 Å². The van der Waals surface area contributed by atoms with E-state index >= 15 is 0 Å². The number of nitrogens with two attached hydrogens (primary N) is 1. The minimum Gasteiger partial charge on any atom is -0.347 e. The number of aromatic nitrogens is 1. The summed E-state index contributed by atoms with van der Waals surface area (Å²) in [5, 5.41) is 6.83. The first-order valence-corrected chi connectivity index (χ1v) is 8.59. The Kier molecular flexibility index (Phi) is 6.30. The van der Waals surface area contributed by atoms with Crippen LogP contribution in [-0.2, 0) is 9.59 Å². The first-order valence-electron chi connectivity index (χ1n) is 7.40. The summed E-state index contributed by atoms with van der Waals surface area (Å²) in [5.74, 6) is -0.637. The third kappa shape index (κ3) is 4.77. The first kappa shape index (κ1) is 18.4. The van der Waals surface area contributed by atoms with E-state index < -0.39 is 0 Å². The van der Waals surface area contributed by atoms with E-state index in [0.29, 0.717) is 5.02 Å². The lowest BCUT2D eigenvalue weighted by Gasteiger charge is -2.13. The molecule has 1 atom stereocenters. The lowest BCUT2D eigenvalue weighted by molar-refractivity contribution is -0.125. The van der Waals surface area contributed by atoms with Crippen LogP contribution in [0.15, 0.2) is 24.3 Å². The molecule has 2 rings (SSSR count). The Morgan fingerprint density at radius 2 is 1.96 bits per heavy atom. The summed E-state index contributed by atoms with van der Waals surface area (Å²) in [6.07, 6.45) is 0. The van der Waals surface area contributed by atoms with Gasteiger partial charge in [0.15, 0.2) is 0 Å². The maximum Gasteiger partial charge on any atom is 0.239 e. The molecule has 0 saturated carbocycles. The molecule has 0 aliphatic carbocycles. The molecule has 0 spiro atoms. The molecular weight excluding hydrogens is 348 g/mol. The second kappa shape index (κ2) is 8.23. The van der Waals surface area contributed by atoms with Crippen LogP contribution < -0.4 is 16.4 Å². The Hall–Kier alpha value is -1.96. The molecule has 128 valence electrons. The normalized spacial score (nSPS) is 11.8. The minimum absolute atomic E-state index is 0.0950. The quantitative estimate of drug-likeness (QED) is 0.728. The van der Waals surface area contributed by atoms with Gasteiger partial charge in [0.05, 0.1) is 29.7 Å². The minimum atomic E-state index is -0.364. The van der Waals surface area contributed by atoms with Crippen LogP contribution in [0.4, 0.5) is 0 Å². The van der Waals surface area contributed by atoms with Crippen LogP contribution >= 0.6 is 22.9 Å². The number of carbonyl (C=O) groups excluding carboxylic acids is 2. The van der Waals surface area contributed by atoms with Gasteiger partial charge in [-0.3, -0.25) is 9.59 Å². The largest absolute Gasteiger partial charge is 0.347 e. The van der Waals surface area contributed by atoms with Gasteiger partial charge in [0.1, 0.15) is 5.01 Å². The predicted molar refractivity (Wildman–Crippen MR) is 95.9 cm³/mol. The summed E-state index contributed by atoms with van der Waals surface area (Å²) in [6, 6.07) is 7.26. The highest BCUT2D eigenvalue weighted by Crippen LogP contribution is 2.32. The van der Waals surface area contributed by atoms with Crippen molar-refractivity contribution in [2.24, 2.45) is 5.73 Å². The Labute approximate surface area is 149 Å². The van der Waals surface area contributed by atoms with Crippen LogP contribution in [0.2, 0.25) is 5.02 Å². The Bertz CT molecular complexity index is 730. The van der Waals surface area contributed by atoms with Gasteiger partial charge in [0.25, 0.3) is 0 Å². The molecule has 0 radical (unpaired) electrons. The van der Waals surface area contributed by atoms with Gasteiger partial charge in [-0.05, 0) is 26.0 Å². The molecule has 0 aliphatic heterocycles. The Morgan fingerprint density at radius 1 is 1.29 bits per heavy atom. The molecule has 2 amide bonds. The second-order valence-corrected chi connectivity index (χ2v) is 6.71. The van der Waals surface area contributed by atoms with E-state index in [1.165, 1.54) is 11.3 Å². The van der Waals surface area contributed by atoms with E-state index in [9.17, 15) is 9.59 Å². The fourth-order valence-corrected chi connectivity index (χ4v) is 3.33. The molecule has 1 aromatic carbocycles. The molecule has 0 aliphatic rings. The van der Waals surface area contributed by atoms with Gasteiger partial charge >= 0.3 is 0 Å². The number of rotatable bonds is 6. The van der Waals surface area contributed by atoms with Crippen molar-refractivity contribution in [2.45, 2.75) is 19.9 Å². The molecule has 1 aromatic heterocycles. The van der Waals surface area contributed by atoms with Gasteiger partial charge in [-0.1, -0.05) is 23.7 Å². The van der Waals surface area contributed by atoms with Crippen molar-refractivity contribution in [3.05, 3.63) is 39.9 Å². The predicted octanol–water partition coefficient (Wildman–Crippen LogP) is 2.02. The number of aryl methyl sites for hydroxylation is 1. The van der Waals surface area contributed by atoms with Crippen molar-refractivity contribution in [3.8, 4) is 10.6 Å². The fraction of sp³-hybridized carbons (Fsp3) is 0.312. The van der Waals surface area contributed by atoms with Crippen LogP contribution in [0.1, 0.15) is 23.5 Å². The number of benzene rings is 1. The van der Waals surface area contributed by atoms with E-state index in [0.717, 1.165) is 21.1 Å². The van der Waals surface area contributed by atoms with Crippen LogP contribution in [0.5, 0.6) is 0 Å². The van der Waals surface area contributed by atoms with Gasteiger partial charge in [-0.25, -0.2) is 4.98 Å². The van der Waals surface area contributed by atoms with Crippen molar-refractivity contribution in [2.75, 3.05) is 13.1 Å². The average Bonchev–Trinajstić information content (AvgIpc) is 2.95. The summed E-state index contributed by atoms with van der Waals surface area (Å²) in [4.78, 5) is 28.5. The van der Waals surface area contributed by atoms with Crippen molar-refractivity contribution >= 4 is 34.8 Å². The maximum atomic E-state index is 11.9. The standard InChI is InChI=1S/C16H19ClN4O2S/c1-9(20-14(23)8-19-13(22)7-18)15-10(2)21-16(24-15)11-3-5-12(17)6-4-11/h3-6,9H,7-8,18H2,1-2H3,(H,19,22)(H,20,23). The SMILES string of the molecule is Cc1nc(-c2ccc(Cl)cc2)sc1C(C)NC(=O)CNC(=O)CN. The molecule has 0 saturated heterocycles. The smallest absolute Gasteiger partial charge is 0.239 e. The molecule has 4 N–H and O–H groups in total. The summed E-state index contributed by atoms with van der Waals surface area (Å²) in [5.41, 5.74) is 7.02. The highest BCUT2D eigenvalue weighted by molar-refractivity contribution is 7.15. The van der Waals surface area contributed by atoms with E-state index in [1.807, 2.05) is 38.1 Å². The van der Waals surface area contributed by atoms with Crippen molar-refractivity contribution in [1.82, 2.24) is 15.6 Å². The number of carbonyl (C=O) groups is 2. The lowest BCUT2D eigenvalue weighted by Crippen LogP contribution is -2.40. The Balaban J connectivity index is 2.04. The molecule has 8 heteroatoms. The summed E-state index contributed by atoms with van der Waals surface area (Å²) < 4.78 is 0. The summed E-state index contributed by atoms with van der Waals surface area (Å²) in [6.45, 7) is 3.56. The van der Waals surface area contributed by atoms with Crippen LogP contribution in [0, 0.1) is 6.92 Å². The van der Waals surface area contributed by atoms with E-state index in [4.69, 9.17) is 17.3 Å². The van der Waals surface area contributed by atoms with Gasteiger partial charge in [0.2, 0.25) is 11.8 Å². The van der Waals surface area contributed by atoms with Gasteiger partial charge in [-0.15, -0.1) is 11.3 Å². The third-order valence-electron chi connectivity index (χ3n) is 3.33. The molecule has 6 nitrogen and oxygen atoms in total. The molecule has 1 heterocycles. The number of nitrogens with one attached hydrogen (secondary N) is 2. The monoisotopic (exact) mass is 366 g/mol. The highest BCUT2D eigenvalue weighted by Gasteiger charge is 2.17. The van der Waals surface area contributed by atoms with E-state index in [2.05, 4.69) is 15.6 Å². The zero-order chi connectivity index (χ0) is 17.7. The van der Waals surface area contributed by atoms with Crippen LogP contribution in [0.3, 0.4) is 0 Å². The number of halogens is 1. The van der Waals surface area contributed by atoms with Crippen molar-refractivity contribution in [1.29, 1.82) is 0 Å². The first-order chi connectivity index (χ1) is 11.4. The number of hydrogen-bond donors (Lipinski definition) is 3. The number of thiazole rings is 1. The highest BCUT2D eigenvalue weighted by atomic mass is 35.5. The van der Waals surface area contributed by atoms with Crippen molar-refractivity contribution in [3.63, 3.8) is 0 Å². The molecule has 24 heavy (non-hydrogen) atoms. The topological polar surface area (TPSA) is 97.1 Å². The number of nitrogens with zero attached hydrogens (tertiary/aromatic N) is 1. The lowest BCUT2D eigenvalue weighted by atomic mass is 10.2. The van der Waals surface area contributed by atoms with Gasteiger partial charge in [0, 0.05) is 10.6 Å². The molecular formula is C16H19ClN4O2S. The molecule has 1 unspecified atom stereocenters. The molecule has 2 aromatic rings. The van der Waals surface area contributed by atoms with Crippen LogP contribution in [0.25, 0.3) is 10.6 Å². The van der Waals surface area contributed by atoms with E-state index in [-0.39, 0.29) is 30.9 Å². The molecule has 0 fully saturated rings. The van der Waals surface area contributed by atoms with E-state index in [1.54, 1.807) is 0 Å². The third-order valence-corrected chi connectivity index (χ3v) is 4.97.